The molecule has 5 aliphatic heterocycles. The second-order valence-electron chi connectivity index (χ2n) is 21.1. The number of anilines is 2. The molecule has 0 saturated carbocycles. The summed E-state index contributed by atoms with van der Waals surface area (Å²) < 4.78 is 83.0. The summed E-state index contributed by atoms with van der Waals surface area (Å²) >= 11 is 6.09. The van der Waals surface area contributed by atoms with Crippen LogP contribution in [-0.2, 0) is 54.4 Å². The van der Waals surface area contributed by atoms with E-state index in [4.69, 9.17) is 49.8 Å². The molecule has 0 amide bonds. The first kappa shape index (κ1) is 52.1. The summed E-state index contributed by atoms with van der Waals surface area (Å²) in [5, 5.41) is 1.00. The van der Waals surface area contributed by atoms with Crippen LogP contribution in [0.5, 0.6) is 11.5 Å². The third-order valence-corrected chi connectivity index (χ3v) is 19.5. The molecule has 3 saturated heterocycles. The highest BCUT2D eigenvalue weighted by molar-refractivity contribution is 7.91. The SMILES string of the molecule is CC(C)(c1nc(-c2cccc3[nH]ccc23)nc2c1OCC[C@H]1COCCN21)S(C)(=O)=O.CC(C)(c1nc(Cl)nc2c1OCC[C@H]1COCCN21)S(C)(=O)=O.CC1(C)OB(c2cccc3c2C=CC3)OC1(C)C. The molecule has 0 spiro atoms. The third-order valence-electron chi connectivity index (χ3n) is 15.3. The molecule has 0 radical (unpaired) electrons. The van der Waals surface area contributed by atoms with E-state index < -0.39 is 29.2 Å². The molecular weight excluding hydrogens is 981 g/mol. The minimum atomic E-state index is -3.48. The number of benzene rings is 2. The molecule has 1 aliphatic carbocycles. The van der Waals surface area contributed by atoms with E-state index in [-0.39, 0.29) is 35.7 Å². The van der Waals surface area contributed by atoms with Crippen LogP contribution >= 0.6 is 11.6 Å². The predicted octanol–water partition coefficient (Wildman–Crippen LogP) is 6.84. The van der Waals surface area contributed by atoms with Gasteiger partial charge in [0.05, 0.1) is 62.9 Å². The van der Waals surface area contributed by atoms with E-state index >= 15 is 0 Å². The summed E-state index contributed by atoms with van der Waals surface area (Å²) in [4.78, 5) is 25.8. The summed E-state index contributed by atoms with van der Waals surface area (Å²) in [6.45, 7) is 19.5. The molecule has 3 fully saturated rings. The Bertz CT molecular complexity index is 3110. The number of halogens is 1. The van der Waals surface area contributed by atoms with E-state index in [9.17, 15) is 16.8 Å². The molecule has 386 valence electrons. The van der Waals surface area contributed by atoms with Gasteiger partial charge in [0.15, 0.2) is 48.6 Å². The average molecular weight is 1050 g/mol. The van der Waals surface area contributed by atoms with Crippen molar-refractivity contribution in [1.29, 1.82) is 0 Å². The highest BCUT2D eigenvalue weighted by Crippen LogP contribution is 2.45. The van der Waals surface area contributed by atoms with Crippen LogP contribution in [0, 0.1) is 0 Å². The molecule has 72 heavy (non-hydrogen) atoms. The lowest BCUT2D eigenvalue weighted by Crippen LogP contribution is -2.46. The molecule has 2 aromatic carbocycles. The van der Waals surface area contributed by atoms with Gasteiger partial charge < -0.3 is 43.0 Å². The third kappa shape index (κ3) is 9.72. The molecule has 2 atom stereocenters. The van der Waals surface area contributed by atoms with Gasteiger partial charge in [0, 0.05) is 61.1 Å². The Morgan fingerprint density at radius 1 is 0.722 bits per heavy atom. The van der Waals surface area contributed by atoms with E-state index in [2.05, 4.69) is 82.8 Å². The summed E-state index contributed by atoms with van der Waals surface area (Å²) in [5.74, 6) is 2.57. The number of aromatic amines is 1. The van der Waals surface area contributed by atoms with Crippen LogP contribution in [0.3, 0.4) is 0 Å². The zero-order chi connectivity index (χ0) is 51.6. The van der Waals surface area contributed by atoms with Crippen LogP contribution in [0.25, 0.3) is 28.4 Å². The number of nitrogens with zero attached hydrogens (tertiary/aromatic N) is 6. The van der Waals surface area contributed by atoms with E-state index in [1.54, 1.807) is 27.7 Å². The fourth-order valence-corrected chi connectivity index (χ4v) is 10.7. The average Bonchev–Trinajstić information content (AvgIpc) is 3.99. The zero-order valence-corrected chi connectivity index (χ0v) is 45.1. The highest BCUT2D eigenvalue weighted by Gasteiger charge is 2.52. The lowest BCUT2D eigenvalue weighted by molar-refractivity contribution is 0.00578. The fourth-order valence-electron chi connectivity index (χ4n) is 9.51. The number of ether oxygens (including phenoxy) is 4. The van der Waals surface area contributed by atoms with Gasteiger partial charge in [-0.3, -0.25) is 0 Å². The standard InChI is InChI=1S/C22H26N4O4S.C15H19BO2.C14H20ClN3O4S/c1-22(2,31(3,27)28)19-18-21(26-10-12-29-13-14(26)8-11-30-18)25-20(24-19)16-5-4-6-17-15(16)7-9-23-17;1-14(2)15(3,4)18-16(17-14)13-10-6-8-11-7-5-9-12(11)13;1-14(2,23(3,19)20)11-10-12(17-13(15)16-11)18-5-7-21-8-9(18)4-6-22-10/h4-7,9,14,23H,8,10-13H2,1-3H3;5-6,8-10H,7H2,1-4H3;9H,4-8H2,1-3H3/t14-;;9-/m0.0/s1. The molecule has 1 N–H and O–H groups in total. The van der Waals surface area contributed by atoms with Gasteiger partial charge >= 0.3 is 7.12 Å². The normalized spacial score (nSPS) is 21.2. The maximum Gasteiger partial charge on any atom is 0.495 e. The van der Waals surface area contributed by atoms with Crippen molar-refractivity contribution in [3.05, 3.63) is 82.5 Å². The zero-order valence-electron chi connectivity index (χ0n) is 42.7. The van der Waals surface area contributed by atoms with Crippen LogP contribution in [-0.4, -0.2) is 137 Å². The molecular formula is C51H65BClN7O10S2. The van der Waals surface area contributed by atoms with Gasteiger partial charge in [0.1, 0.15) is 20.9 Å². The monoisotopic (exact) mass is 1050 g/mol. The van der Waals surface area contributed by atoms with E-state index in [1.807, 2.05) is 30.5 Å². The maximum absolute atomic E-state index is 12.8. The Hall–Kier alpha value is -4.83. The van der Waals surface area contributed by atoms with Gasteiger partial charge in [-0.2, -0.15) is 4.98 Å². The first-order chi connectivity index (χ1) is 33.9. The Kier molecular flexibility index (Phi) is 14.1. The van der Waals surface area contributed by atoms with Crippen molar-refractivity contribution in [3.8, 4) is 22.9 Å². The van der Waals surface area contributed by atoms with Gasteiger partial charge in [0.25, 0.3) is 0 Å². The predicted molar refractivity (Wildman–Crippen MR) is 281 cm³/mol. The Balaban J connectivity index is 0.000000139. The number of aromatic nitrogens is 5. The number of hydrogen-bond donors (Lipinski definition) is 1. The number of allylic oxidation sites excluding steroid dienone is 1. The van der Waals surface area contributed by atoms with Crippen LogP contribution in [0.15, 0.2) is 54.7 Å². The number of rotatable bonds is 6. The lowest BCUT2D eigenvalue weighted by Gasteiger charge is -2.35. The Morgan fingerprint density at radius 3 is 1.86 bits per heavy atom. The van der Waals surface area contributed by atoms with Crippen molar-refractivity contribution in [1.82, 2.24) is 24.9 Å². The largest absolute Gasteiger partial charge is 0.495 e. The smallest absolute Gasteiger partial charge is 0.488 e. The van der Waals surface area contributed by atoms with Crippen molar-refractivity contribution in [2.75, 3.05) is 75.0 Å². The summed E-state index contributed by atoms with van der Waals surface area (Å²) in [7, 11) is -7.16. The second kappa shape index (κ2) is 19.5. The number of fused-ring (bicyclic) bond motifs is 8. The Labute approximate surface area is 428 Å². The van der Waals surface area contributed by atoms with Crippen molar-refractivity contribution >= 4 is 72.5 Å². The van der Waals surface area contributed by atoms with E-state index in [0.29, 0.717) is 93.1 Å². The van der Waals surface area contributed by atoms with E-state index in [0.717, 1.165) is 41.2 Å². The van der Waals surface area contributed by atoms with Crippen LogP contribution in [0.1, 0.15) is 90.7 Å². The molecule has 0 unspecified atom stereocenters. The minimum Gasteiger partial charge on any atom is -0.488 e. The van der Waals surface area contributed by atoms with Crippen LogP contribution in [0.2, 0.25) is 5.28 Å². The molecule has 6 aliphatic rings. The maximum atomic E-state index is 12.8. The molecule has 0 bridgehead atoms. The fraction of sp³-hybridized carbons (Fsp3) is 0.529. The molecule has 11 rings (SSSR count). The number of morpholine rings is 2. The van der Waals surface area contributed by atoms with Gasteiger partial charge in [0.2, 0.25) is 5.28 Å². The Morgan fingerprint density at radius 2 is 1.28 bits per heavy atom. The number of nitrogens with one attached hydrogen (secondary N) is 1. The van der Waals surface area contributed by atoms with Gasteiger partial charge in [-0.25, -0.2) is 31.8 Å². The minimum absolute atomic E-state index is 0.0196. The molecule has 3 aromatic heterocycles. The summed E-state index contributed by atoms with van der Waals surface area (Å²) in [6.07, 6.45) is 11.2. The summed E-state index contributed by atoms with van der Waals surface area (Å²) in [5.41, 5.74) is 5.77. The molecule has 8 heterocycles. The van der Waals surface area contributed by atoms with Gasteiger partial charge in [-0.15, -0.1) is 0 Å². The van der Waals surface area contributed by atoms with Crippen molar-refractivity contribution in [3.63, 3.8) is 0 Å². The first-order valence-corrected chi connectivity index (χ1v) is 28.6. The van der Waals surface area contributed by atoms with Crippen LogP contribution < -0.4 is 24.7 Å². The number of sulfone groups is 2. The van der Waals surface area contributed by atoms with Crippen molar-refractivity contribution < 1.29 is 45.1 Å². The van der Waals surface area contributed by atoms with Gasteiger partial charge in [-0.1, -0.05) is 42.5 Å². The van der Waals surface area contributed by atoms with E-state index in [1.165, 1.54) is 23.6 Å². The first-order valence-electron chi connectivity index (χ1n) is 24.4. The van der Waals surface area contributed by atoms with Gasteiger partial charge in [-0.05, 0) is 102 Å². The van der Waals surface area contributed by atoms with Crippen molar-refractivity contribution in [2.45, 2.75) is 107 Å². The van der Waals surface area contributed by atoms with Crippen molar-refractivity contribution in [2.24, 2.45) is 0 Å². The topological polar surface area (TPSA) is 197 Å². The number of H-pyrrole nitrogens is 1. The molecule has 17 nitrogen and oxygen atoms in total. The van der Waals surface area contributed by atoms with Crippen LogP contribution in [0.4, 0.5) is 11.6 Å². The second-order valence-corrected chi connectivity index (χ2v) is 26.6. The quantitative estimate of drug-likeness (QED) is 0.137. The molecule has 5 aromatic rings. The molecule has 21 heteroatoms. The lowest BCUT2D eigenvalue weighted by atomic mass is 9.75. The summed E-state index contributed by atoms with van der Waals surface area (Å²) in [6, 6.07) is 14.5. The number of hydrogen-bond acceptors (Lipinski definition) is 16. The highest BCUT2D eigenvalue weighted by atomic mass is 35.5.